The molecular weight excluding hydrogens is 180 g/mol. The van der Waals surface area contributed by atoms with E-state index in [2.05, 4.69) is 61.6 Å². The average Bonchev–Trinajstić information content (AvgIpc) is 1.94. The molecule has 88 valence electrons. The molecule has 1 atom stereocenters. The van der Waals surface area contributed by atoms with Crippen LogP contribution in [0.5, 0.6) is 0 Å². The van der Waals surface area contributed by atoms with Crippen molar-refractivity contribution in [2.24, 2.45) is 16.7 Å². The van der Waals surface area contributed by atoms with Gasteiger partial charge < -0.3 is 0 Å². The Morgan fingerprint density at radius 1 is 1.00 bits per heavy atom. The summed E-state index contributed by atoms with van der Waals surface area (Å²) in [6.45, 7) is 24.0. The number of rotatable bonds is 3. The quantitative estimate of drug-likeness (QED) is 0.558. The molecule has 0 spiro atoms. The molecule has 0 bridgehead atoms. The Kier molecular flexibility index (Phi) is 4.39. The van der Waals surface area contributed by atoms with Crippen LogP contribution in [0.25, 0.3) is 0 Å². The van der Waals surface area contributed by atoms with Gasteiger partial charge in [0.25, 0.3) is 0 Å². The SMILES string of the molecule is C=C(C)CC(C(=C)C(C)(C)C)C(C)(C)C. The van der Waals surface area contributed by atoms with E-state index in [0.717, 1.165) is 6.42 Å². The first-order valence-electron chi connectivity index (χ1n) is 5.80. The second-order valence-electron chi connectivity index (χ2n) is 6.86. The summed E-state index contributed by atoms with van der Waals surface area (Å²) in [6.07, 6.45) is 1.06. The van der Waals surface area contributed by atoms with Gasteiger partial charge in [0.15, 0.2) is 0 Å². The van der Waals surface area contributed by atoms with Crippen molar-refractivity contribution in [2.45, 2.75) is 54.9 Å². The summed E-state index contributed by atoms with van der Waals surface area (Å²) in [6, 6.07) is 0. The predicted octanol–water partition coefficient (Wildman–Crippen LogP) is 5.22. The molecule has 0 nitrogen and oxygen atoms in total. The average molecular weight is 208 g/mol. The van der Waals surface area contributed by atoms with Crippen LogP contribution < -0.4 is 0 Å². The van der Waals surface area contributed by atoms with Crippen molar-refractivity contribution in [3.63, 3.8) is 0 Å². The van der Waals surface area contributed by atoms with Crippen LogP contribution in [-0.4, -0.2) is 0 Å². The Labute approximate surface area is 96.5 Å². The highest BCUT2D eigenvalue weighted by Crippen LogP contribution is 2.42. The molecule has 0 aromatic rings. The molecule has 0 heteroatoms. The minimum atomic E-state index is 0.188. The van der Waals surface area contributed by atoms with Crippen molar-refractivity contribution in [3.05, 3.63) is 24.3 Å². The standard InChI is InChI=1S/C15H28/c1-11(2)10-13(15(7,8)9)12(3)14(4,5)6/h13H,1,3,10H2,2,4-9H3. The minimum absolute atomic E-state index is 0.188. The van der Waals surface area contributed by atoms with E-state index in [1.807, 2.05) is 0 Å². The molecule has 0 saturated heterocycles. The first-order chi connectivity index (χ1) is 6.46. The molecule has 0 aliphatic rings. The monoisotopic (exact) mass is 208 g/mol. The number of hydrogen-bond acceptors (Lipinski definition) is 0. The largest absolute Gasteiger partial charge is 0.100 e. The molecule has 1 unspecified atom stereocenters. The van der Waals surface area contributed by atoms with Crippen LogP contribution in [-0.2, 0) is 0 Å². The zero-order chi connectivity index (χ0) is 12.4. The third kappa shape index (κ3) is 4.68. The lowest BCUT2D eigenvalue weighted by Crippen LogP contribution is -2.28. The van der Waals surface area contributed by atoms with Crippen LogP contribution in [0.4, 0.5) is 0 Å². The fourth-order valence-electron chi connectivity index (χ4n) is 1.82. The smallest absolute Gasteiger partial charge is 0.0115 e. The van der Waals surface area contributed by atoms with Crippen molar-refractivity contribution in [1.82, 2.24) is 0 Å². The maximum atomic E-state index is 4.30. The minimum Gasteiger partial charge on any atom is -0.100 e. The lowest BCUT2D eigenvalue weighted by molar-refractivity contribution is 0.242. The van der Waals surface area contributed by atoms with Gasteiger partial charge in [-0.1, -0.05) is 59.3 Å². The van der Waals surface area contributed by atoms with E-state index < -0.39 is 0 Å². The van der Waals surface area contributed by atoms with Gasteiger partial charge in [0.1, 0.15) is 0 Å². The molecule has 0 rings (SSSR count). The van der Waals surface area contributed by atoms with E-state index in [0.29, 0.717) is 5.92 Å². The summed E-state index contributed by atoms with van der Waals surface area (Å²) in [5.41, 5.74) is 3.05. The molecule has 0 N–H and O–H groups in total. The van der Waals surface area contributed by atoms with Gasteiger partial charge in [-0.2, -0.15) is 0 Å². The molecule has 0 aromatic carbocycles. The lowest BCUT2D eigenvalue weighted by Gasteiger charge is -2.38. The van der Waals surface area contributed by atoms with Crippen LogP contribution in [0.3, 0.4) is 0 Å². The second kappa shape index (κ2) is 4.55. The summed E-state index contributed by atoms with van der Waals surface area (Å²) in [5, 5.41) is 0. The number of allylic oxidation sites excluding steroid dienone is 2. The second-order valence-corrected chi connectivity index (χ2v) is 6.86. The molecule has 0 aromatic heterocycles. The Morgan fingerprint density at radius 2 is 1.40 bits per heavy atom. The summed E-state index contributed by atoms with van der Waals surface area (Å²) in [7, 11) is 0. The molecular formula is C15H28. The van der Waals surface area contributed by atoms with Crippen molar-refractivity contribution in [3.8, 4) is 0 Å². The third-order valence-electron chi connectivity index (χ3n) is 2.98. The Hall–Kier alpha value is -0.520. The maximum absolute atomic E-state index is 4.30. The van der Waals surface area contributed by atoms with Crippen molar-refractivity contribution in [2.75, 3.05) is 0 Å². The molecule has 0 amide bonds. The molecule has 0 heterocycles. The van der Waals surface area contributed by atoms with Gasteiger partial charge in [0.2, 0.25) is 0 Å². The Morgan fingerprint density at radius 3 is 1.60 bits per heavy atom. The molecule has 15 heavy (non-hydrogen) atoms. The normalized spacial score (nSPS) is 14.9. The van der Waals surface area contributed by atoms with Gasteiger partial charge in [0.05, 0.1) is 0 Å². The van der Waals surface area contributed by atoms with Gasteiger partial charge in [-0.3, -0.25) is 0 Å². The van der Waals surface area contributed by atoms with Crippen LogP contribution >= 0.6 is 0 Å². The molecule has 0 saturated carbocycles. The number of hydrogen-bond donors (Lipinski definition) is 0. The van der Waals surface area contributed by atoms with Gasteiger partial charge in [-0.25, -0.2) is 0 Å². The molecule has 0 aliphatic carbocycles. The van der Waals surface area contributed by atoms with Gasteiger partial charge in [-0.05, 0) is 30.1 Å². The predicted molar refractivity (Wildman–Crippen MR) is 71.0 cm³/mol. The fourth-order valence-corrected chi connectivity index (χ4v) is 1.82. The topological polar surface area (TPSA) is 0 Å². The summed E-state index contributed by atoms with van der Waals surface area (Å²) in [5.74, 6) is 0.523. The van der Waals surface area contributed by atoms with E-state index >= 15 is 0 Å². The first-order valence-corrected chi connectivity index (χ1v) is 5.80. The van der Waals surface area contributed by atoms with E-state index in [9.17, 15) is 0 Å². The molecule has 0 fully saturated rings. The van der Waals surface area contributed by atoms with E-state index in [1.54, 1.807) is 0 Å². The first kappa shape index (κ1) is 14.5. The fraction of sp³-hybridized carbons (Fsp3) is 0.733. The van der Waals surface area contributed by atoms with Crippen LogP contribution in [0.1, 0.15) is 54.9 Å². The maximum Gasteiger partial charge on any atom is -0.0115 e. The van der Waals surface area contributed by atoms with Crippen LogP contribution in [0, 0.1) is 16.7 Å². The van der Waals surface area contributed by atoms with Gasteiger partial charge in [-0.15, -0.1) is 6.58 Å². The Bertz CT molecular complexity index is 242. The Balaban J connectivity index is 4.97. The zero-order valence-electron chi connectivity index (χ0n) is 11.7. The highest BCUT2D eigenvalue weighted by Gasteiger charge is 2.32. The highest BCUT2D eigenvalue weighted by molar-refractivity contribution is 5.15. The van der Waals surface area contributed by atoms with Gasteiger partial charge in [0, 0.05) is 0 Å². The summed E-state index contributed by atoms with van der Waals surface area (Å²) >= 11 is 0. The van der Waals surface area contributed by atoms with Gasteiger partial charge >= 0.3 is 0 Å². The van der Waals surface area contributed by atoms with Crippen LogP contribution in [0.2, 0.25) is 0 Å². The van der Waals surface area contributed by atoms with E-state index in [-0.39, 0.29) is 10.8 Å². The van der Waals surface area contributed by atoms with E-state index in [1.165, 1.54) is 11.1 Å². The third-order valence-corrected chi connectivity index (χ3v) is 2.98. The summed E-state index contributed by atoms with van der Waals surface area (Å²) < 4.78 is 0. The van der Waals surface area contributed by atoms with Crippen molar-refractivity contribution >= 4 is 0 Å². The summed E-state index contributed by atoms with van der Waals surface area (Å²) in [4.78, 5) is 0. The lowest BCUT2D eigenvalue weighted by atomic mass is 9.67. The zero-order valence-corrected chi connectivity index (χ0v) is 11.7. The van der Waals surface area contributed by atoms with Crippen molar-refractivity contribution < 1.29 is 0 Å². The molecule has 0 aliphatic heterocycles. The molecule has 0 radical (unpaired) electrons. The van der Waals surface area contributed by atoms with Crippen LogP contribution in [0.15, 0.2) is 24.3 Å². The van der Waals surface area contributed by atoms with Crippen molar-refractivity contribution in [1.29, 1.82) is 0 Å². The van der Waals surface area contributed by atoms with E-state index in [4.69, 9.17) is 0 Å². The highest BCUT2D eigenvalue weighted by atomic mass is 14.4.